The Morgan fingerprint density at radius 1 is 1.42 bits per heavy atom. The summed E-state index contributed by atoms with van der Waals surface area (Å²) in [5.41, 5.74) is 0.334. The van der Waals surface area contributed by atoms with Crippen LogP contribution < -0.4 is 5.32 Å². The maximum absolute atomic E-state index is 12.4. The normalized spacial score (nSPS) is 24.3. The molecule has 1 aliphatic carbocycles. The highest BCUT2D eigenvalue weighted by molar-refractivity contribution is 5.92. The van der Waals surface area contributed by atoms with Gasteiger partial charge in [-0.2, -0.15) is 0 Å². The van der Waals surface area contributed by atoms with E-state index in [4.69, 9.17) is 4.52 Å². The van der Waals surface area contributed by atoms with Gasteiger partial charge in [-0.05, 0) is 39.0 Å². The summed E-state index contributed by atoms with van der Waals surface area (Å²) in [7, 11) is 0. The van der Waals surface area contributed by atoms with E-state index in [0.717, 1.165) is 25.0 Å². The molecule has 26 heavy (non-hydrogen) atoms. The zero-order valence-electron chi connectivity index (χ0n) is 15.6. The van der Waals surface area contributed by atoms with Gasteiger partial charge in [-0.1, -0.05) is 18.5 Å². The highest BCUT2D eigenvalue weighted by atomic mass is 16.5. The maximum Gasteiger partial charge on any atom is 0.273 e. The Kier molecular flexibility index (Phi) is 5.96. The molecule has 1 aromatic heterocycles. The maximum atomic E-state index is 12.4. The molecular weight excluding hydrogens is 334 g/mol. The fraction of sp³-hybridized carbons (Fsp3) is 0.737. The first-order chi connectivity index (χ1) is 12.5. The second-order valence-electron chi connectivity index (χ2n) is 7.67. The fourth-order valence-electron chi connectivity index (χ4n) is 3.64. The molecule has 7 heteroatoms. The molecule has 2 N–H and O–H groups in total. The van der Waals surface area contributed by atoms with Crippen LogP contribution in [0.5, 0.6) is 0 Å². The highest BCUT2D eigenvalue weighted by Gasteiger charge is 2.32. The van der Waals surface area contributed by atoms with Crippen molar-refractivity contribution in [1.82, 2.24) is 15.4 Å². The van der Waals surface area contributed by atoms with Gasteiger partial charge in [0.15, 0.2) is 5.69 Å². The van der Waals surface area contributed by atoms with E-state index in [9.17, 15) is 14.7 Å². The minimum Gasteiger partial charge on any atom is -0.393 e. The predicted octanol–water partition coefficient (Wildman–Crippen LogP) is 2.21. The molecule has 2 aliphatic rings. The average molecular weight is 363 g/mol. The van der Waals surface area contributed by atoms with Crippen molar-refractivity contribution in [2.75, 3.05) is 6.54 Å². The molecule has 1 unspecified atom stereocenters. The number of aromatic nitrogens is 1. The van der Waals surface area contributed by atoms with E-state index in [2.05, 4.69) is 10.5 Å². The Morgan fingerprint density at radius 2 is 2.19 bits per heavy atom. The summed E-state index contributed by atoms with van der Waals surface area (Å²) in [6.07, 6.45) is 4.74. The van der Waals surface area contributed by atoms with E-state index in [-0.39, 0.29) is 30.3 Å². The van der Waals surface area contributed by atoms with Gasteiger partial charge in [0.1, 0.15) is 5.76 Å². The largest absolute Gasteiger partial charge is 0.393 e. The van der Waals surface area contributed by atoms with Crippen molar-refractivity contribution in [2.24, 2.45) is 0 Å². The van der Waals surface area contributed by atoms with Gasteiger partial charge >= 0.3 is 0 Å². The van der Waals surface area contributed by atoms with Gasteiger partial charge in [0.05, 0.1) is 12.5 Å². The van der Waals surface area contributed by atoms with Crippen molar-refractivity contribution < 1.29 is 19.2 Å². The van der Waals surface area contributed by atoms with Crippen LogP contribution in [0, 0.1) is 0 Å². The third-order valence-corrected chi connectivity index (χ3v) is 5.30. The van der Waals surface area contributed by atoms with Gasteiger partial charge in [0, 0.05) is 30.6 Å². The number of nitrogens with zero attached hydrogens (tertiary/aromatic N) is 2. The summed E-state index contributed by atoms with van der Waals surface area (Å²) in [6, 6.07) is 1.79. The van der Waals surface area contributed by atoms with Crippen molar-refractivity contribution in [2.45, 2.75) is 82.9 Å². The quantitative estimate of drug-likeness (QED) is 0.774. The molecule has 0 radical (unpaired) electrons. The second-order valence-corrected chi connectivity index (χ2v) is 7.67. The second kappa shape index (κ2) is 8.20. The van der Waals surface area contributed by atoms with Crippen LogP contribution in [0.25, 0.3) is 0 Å². The molecule has 2 heterocycles. The van der Waals surface area contributed by atoms with Gasteiger partial charge in [0.25, 0.3) is 5.91 Å². The fourth-order valence-corrected chi connectivity index (χ4v) is 3.64. The lowest BCUT2D eigenvalue weighted by atomic mass is 9.97. The molecule has 7 nitrogen and oxygen atoms in total. The zero-order valence-corrected chi connectivity index (χ0v) is 15.6. The lowest BCUT2D eigenvalue weighted by Crippen LogP contribution is -2.51. The Balaban J connectivity index is 1.48. The number of aliphatic hydroxyl groups excluding tert-OH is 1. The third kappa shape index (κ3) is 4.63. The van der Waals surface area contributed by atoms with Crippen molar-refractivity contribution in [1.29, 1.82) is 0 Å². The lowest BCUT2D eigenvalue weighted by molar-refractivity contribution is -0.136. The SMILES string of the molecule is CCC[C@@H](O)CC(=O)N1CCC(NC(=O)c2cc(C3CC3)on2)C[C@H]1C. The number of piperidine rings is 1. The van der Waals surface area contributed by atoms with E-state index in [1.807, 2.05) is 18.7 Å². The molecule has 1 saturated carbocycles. The molecular formula is C19H29N3O4. The summed E-state index contributed by atoms with van der Waals surface area (Å²) < 4.78 is 5.24. The molecule has 3 atom stereocenters. The molecule has 3 rings (SSSR count). The standard InChI is InChI=1S/C19H29N3O4/c1-3-4-15(23)10-18(24)22-8-7-14(9-12(22)2)20-19(25)16-11-17(26-21-16)13-5-6-13/h11-15,23H,3-10H2,1-2H3,(H,20,25)/t12-,14?,15-/m1/s1. The molecule has 0 spiro atoms. The number of carbonyl (C=O) groups is 2. The van der Waals surface area contributed by atoms with Crippen LogP contribution in [0.2, 0.25) is 0 Å². The van der Waals surface area contributed by atoms with Gasteiger partial charge < -0.3 is 19.8 Å². The number of hydrogen-bond donors (Lipinski definition) is 2. The molecule has 1 aliphatic heterocycles. The smallest absolute Gasteiger partial charge is 0.273 e. The number of carbonyl (C=O) groups excluding carboxylic acids is 2. The molecule has 0 aromatic carbocycles. The first kappa shape index (κ1) is 18.9. The Hall–Kier alpha value is -1.89. The van der Waals surface area contributed by atoms with Crippen molar-refractivity contribution in [3.63, 3.8) is 0 Å². The summed E-state index contributed by atoms with van der Waals surface area (Å²) >= 11 is 0. The van der Waals surface area contributed by atoms with Gasteiger partial charge in [0.2, 0.25) is 5.91 Å². The Bertz CT molecular complexity index is 640. The van der Waals surface area contributed by atoms with Gasteiger partial charge in [-0.25, -0.2) is 0 Å². The van der Waals surface area contributed by atoms with Crippen LogP contribution in [0.15, 0.2) is 10.6 Å². The summed E-state index contributed by atoms with van der Waals surface area (Å²) in [6.45, 7) is 4.58. The number of amides is 2. The Morgan fingerprint density at radius 3 is 2.85 bits per heavy atom. The summed E-state index contributed by atoms with van der Waals surface area (Å²) in [4.78, 5) is 26.6. The van der Waals surface area contributed by atoms with E-state index >= 15 is 0 Å². The molecule has 2 fully saturated rings. The van der Waals surface area contributed by atoms with Crippen LogP contribution in [-0.2, 0) is 4.79 Å². The van der Waals surface area contributed by atoms with Crippen LogP contribution in [-0.4, -0.2) is 51.7 Å². The number of nitrogens with one attached hydrogen (secondary N) is 1. The summed E-state index contributed by atoms with van der Waals surface area (Å²) in [5, 5.41) is 16.7. The monoisotopic (exact) mass is 363 g/mol. The van der Waals surface area contributed by atoms with Gasteiger partial charge in [-0.3, -0.25) is 9.59 Å². The molecule has 2 amide bonds. The van der Waals surface area contributed by atoms with Crippen LogP contribution in [0.3, 0.4) is 0 Å². The Labute approximate surface area is 154 Å². The summed E-state index contributed by atoms with van der Waals surface area (Å²) in [5.74, 6) is 1.01. The van der Waals surface area contributed by atoms with E-state index in [1.165, 1.54) is 0 Å². The van der Waals surface area contributed by atoms with E-state index in [1.54, 1.807) is 6.07 Å². The van der Waals surface area contributed by atoms with Crippen LogP contribution >= 0.6 is 0 Å². The molecule has 1 aromatic rings. The van der Waals surface area contributed by atoms with Gasteiger partial charge in [-0.15, -0.1) is 0 Å². The van der Waals surface area contributed by atoms with Crippen LogP contribution in [0.4, 0.5) is 0 Å². The van der Waals surface area contributed by atoms with Crippen molar-refractivity contribution in [3.8, 4) is 0 Å². The topological polar surface area (TPSA) is 95.7 Å². The molecule has 0 bridgehead atoms. The highest BCUT2D eigenvalue weighted by Crippen LogP contribution is 2.40. The molecule has 1 saturated heterocycles. The number of aliphatic hydroxyl groups is 1. The lowest BCUT2D eigenvalue weighted by Gasteiger charge is -2.38. The third-order valence-electron chi connectivity index (χ3n) is 5.30. The number of rotatable bonds is 7. The zero-order chi connectivity index (χ0) is 18.7. The number of hydrogen-bond acceptors (Lipinski definition) is 5. The van der Waals surface area contributed by atoms with Crippen molar-refractivity contribution >= 4 is 11.8 Å². The van der Waals surface area contributed by atoms with E-state index in [0.29, 0.717) is 37.4 Å². The minimum absolute atomic E-state index is 0.00574. The average Bonchev–Trinajstić information content (AvgIpc) is 3.31. The van der Waals surface area contributed by atoms with Crippen LogP contribution in [0.1, 0.15) is 81.0 Å². The number of likely N-dealkylation sites (tertiary alicyclic amines) is 1. The molecule has 144 valence electrons. The first-order valence-electron chi connectivity index (χ1n) is 9.73. The van der Waals surface area contributed by atoms with E-state index < -0.39 is 6.10 Å². The minimum atomic E-state index is -0.565. The predicted molar refractivity (Wildman–Crippen MR) is 95.7 cm³/mol. The van der Waals surface area contributed by atoms with Crippen molar-refractivity contribution in [3.05, 3.63) is 17.5 Å². The first-order valence-corrected chi connectivity index (χ1v) is 9.73.